The number of piperazine rings is 1. The minimum Gasteiger partial charge on any atom is -0.345 e. The zero-order valence-corrected chi connectivity index (χ0v) is 19.8. The first kappa shape index (κ1) is 21.7. The van der Waals surface area contributed by atoms with Gasteiger partial charge < -0.3 is 9.80 Å². The Labute approximate surface area is 187 Å². The molecule has 0 bridgehead atoms. The molecule has 0 unspecified atom stereocenters. The third-order valence-electron chi connectivity index (χ3n) is 5.54. The van der Waals surface area contributed by atoms with Crippen molar-refractivity contribution < 1.29 is 13.2 Å². The van der Waals surface area contributed by atoms with Gasteiger partial charge in [-0.25, -0.2) is 17.7 Å². The predicted octanol–water partition coefficient (Wildman–Crippen LogP) is 3.13. The van der Waals surface area contributed by atoms with Crippen molar-refractivity contribution in [2.75, 3.05) is 45.2 Å². The molecule has 31 heavy (non-hydrogen) atoms. The van der Waals surface area contributed by atoms with Crippen molar-refractivity contribution in [3.8, 4) is 0 Å². The lowest BCUT2D eigenvalue weighted by Crippen LogP contribution is -2.48. The molecule has 4 rings (SSSR count). The molecule has 0 saturated carbocycles. The maximum atomic E-state index is 12.9. The molecule has 2 aromatic carbocycles. The van der Waals surface area contributed by atoms with Crippen LogP contribution in [-0.2, 0) is 10.0 Å². The summed E-state index contributed by atoms with van der Waals surface area (Å²) in [5.41, 5.74) is 3.97. The minimum absolute atomic E-state index is 0.0794. The Bertz CT molecular complexity index is 1230. The van der Waals surface area contributed by atoms with Crippen LogP contribution in [0.2, 0.25) is 0 Å². The van der Waals surface area contributed by atoms with Gasteiger partial charge >= 0.3 is 0 Å². The van der Waals surface area contributed by atoms with Gasteiger partial charge in [-0.05, 0) is 55.3 Å². The Kier molecular flexibility index (Phi) is 5.76. The van der Waals surface area contributed by atoms with Gasteiger partial charge in [0.25, 0.3) is 5.91 Å². The Hall–Kier alpha value is -2.49. The molecule has 0 N–H and O–H groups in total. The number of aryl methyl sites for hydroxylation is 2. The zero-order valence-electron chi connectivity index (χ0n) is 18.1. The van der Waals surface area contributed by atoms with E-state index in [0.29, 0.717) is 18.7 Å². The van der Waals surface area contributed by atoms with E-state index in [1.807, 2.05) is 4.90 Å². The molecule has 164 valence electrons. The van der Waals surface area contributed by atoms with Gasteiger partial charge in [0.05, 0.1) is 15.1 Å². The number of amides is 1. The second-order valence-corrected chi connectivity index (χ2v) is 11.2. The largest absolute Gasteiger partial charge is 0.345 e. The molecule has 1 aliphatic rings. The number of thiazole rings is 1. The van der Waals surface area contributed by atoms with E-state index in [2.05, 4.69) is 30.9 Å². The lowest BCUT2D eigenvalue weighted by molar-refractivity contribution is 0.0746. The Morgan fingerprint density at radius 1 is 1.03 bits per heavy atom. The Morgan fingerprint density at radius 2 is 1.68 bits per heavy atom. The smallest absolute Gasteiger partial charge is 0.253 e. The van der Waals surface area contributed by atoms with Gasteiger partial charge in [0.15, 0.2) is 5.13 Å². The number of fused-ring (bicyclic) bond motifs is 1. The van der Waals surface area contributed by atoms with Crippen molar-refractivity contribution in [2.24, 2.45) is 0 Å². The van der Waals surface area contributed by atoms with Crippen LogP contribution in [-0.4, -0.2) is 68.8 Å². The van der Waals surface area contributed by atoms with E-state index in [1.54, 1.807) is 23.5 Å². The number of benzene rings is 2. The third-order valence-corrected chi connectivity index (χ3v) is 8.43. The minimum atomic E-state index is -3.50. The van der Waals surface area contributed by atoms with Crippen LogP contribution in [0.4, 0.5) is 5.13 Å². The van der Waals surface area contributed by atoms with E-state index in [9.17, 15) is 13.2 Å². The molecular weight excluding hydrogens is 432 g/mol. The molecule has 1 aromatic heterocycles. The fourth-order valence-corrected chi connectivity index (χ4v) is 5.85. The molecule has 1 amide bonds. The van der Waals surface area contributed by atoms with Crippen molar-refractivity contribution >= 4 is 42.6 Å². The number of carbonyl (C=O) groups is 1. The van der Waals surface area contributed by atoms with Gasteiger partial charge in [-0.2, -0.15) is 0 Å². The van der Waals surface area contributed by atoms with E-state index in [4.69, 9.17) is 4.98 Å². The number of rotatable bonds is 4. The van der Waals surface area contributed by atoms with Gasteiger partial charge in [0.1, 0.15) is 0 Å². The topological polar surface area (TPSA) is 73.8 Å². The van der Waals surface area contributed by atoms with Crippen LogP contribution >= 0.6 is 11.3 Å². The van der Waals surface area contributed by atoms with Gasteiger partial charge in [-0.1, -0.05) is 17.4 Å². The van der Waals surface area contributed by atoms with Crippen LogP contribution in [0.25, 0.3) is 10.2 Å². The highest BCUT2D eigenvalue weighted by atomic mass is 32.2. The summed E-state index contributed by atoms with van der Waals surface area (Å²) in [5, 5.41) is 0.994. The fourth-order valence-electron chi connectivity index (χ4n) is 3.76. The standard InChI is InChI=1S/C22H26N4O3S2/c1-15-13-16(2)20-19(14-15)30-22(23-20)26-11-9-25(10-12-26)21(27)17-5-7-18(8-6-17)31(28,29)24(3)4/h5-8,13-14H,9-12H2,1-4H3. The number of aromatic nitrogens is 1. The first-order valence-electron chi connectivity index (χ1n) is 10.1. The molecular formula is C22H26N4O3S2. The molecule has 3 aromatic rings. The highest BCUT2D eigenvalue weighted by molar-refractivity contribution is 7.89. The van der Waals surface area contributed by atoms with E-state index in [1.165, 1.54) is 42.1 Å². The monoisotopic (exact) mass is 458 g/mol. The summed E-state index contributed by atoms with van der Waals surface area (Å²) in [5.74, 6) is -0.0794. The molecule has 1 aliphatic heterocycles. The van der Waals surface area contributed by atoms with Crippen molar-refractivity contribution in [2.45, 2.75) is 18.7 Å². The molecule has 9 heteroatoms. The number of carbonyl (C=O) groups excluding carboxylic acids is 1. The average molecular weight is 459 g/mol. The van der Waals surface area contributed by atoms with Crippen molar-refractivity contribution in [3.05, 3.63) is 53.1 Å². The number of hydrogen-bond donors (Lipinski definition) is 0. The number of nitrogens with zero attached hydrogens (tertiary/aromatic N) is 4. The quantitative estimate of drug-likeness (QED) is 0.601. The van der Waals surface area contributed by atoms with E-state index in [0.717, 1.165) is 28.0 Å². The molecule has 1 fully saturated rings. The summed E-state index contributed by atoms with van der Waals surface area (Å²) < 4.78 is 26.8. The lowest BCUT2D eigenvalue weighted by atomic mass is 10.1. The second-order valence-electron chi connectivity index (χ2n) is 8.02. The van der Waals surface area contributed by atoms with E-state index in [-0.39, 0.29) is 10.8 Å². The molecule has 7 nitrogen and oxygen atoms in total. The van der Waals surface area contributed by atoms with Crippen LogP contribution in [0.5, 0.6) is 0 Å². The van der Waals surface area contributed by atoms with Crippen molar-refractivity contribution in [3.63, 3.8) is 0 Å². The maximum absolute atomic E-state index is 12.9. The van der Waals surface area contributed by atoms with Gasteiger partial charge in [0, 0.05) is 45.8 Å². The van der Waals surface area contributed by atoms with Crippen LogP contribution in [0.3, 0.4) is 0 Å². The SMILES string of the molecule is Cc1cc(C)c2nc(N3CCN(C(=O)c4ccc(S(=O)(=O)N(C)C)cc4)CC3)sc2c1. The molecule has 2 heterocycles. The van der Waals surface area contributed by atoms with E-state index < -0.39 is 10.0 Å². The van der Waals surface area contributed by atoms with Crippen LogP contribution in [0, 0.1) is 13.8 Å². The normalized spacial score (nSPS) is 15.1. The summed E-state index contributed by atoms with van der Waals surface area (Å²) in [6.45, 7) is 6.82. The first-order valence-corrected chi connectivity index (χ1v) is 12.4. The Morgan fingerprint density at radius 3 is 2.29 bits per heavy atom. The van der Waals surface area contributed by atoms with Crippen LogP contribution in [0.1, 0.15) is 21.5 Å². The second kappa shape index (κ2) is 8.22. The Balaban J connectivity index is 1.44. The third kappa shape index (κ3) is 4.17. The molecule has 0 radical (unpaired) electrons. The summed E-state index contributed by atoms with van der Waals surface area (Å²) in [7, 11) is -0.527. The fraction of sp³-hybridized carbons (Fsp3) is 0.364. The summed E-state index contributed by atoms with van der Waals surface area (Å²) in [4.78, 5) is 22.0. The number of sulfonamides is 1. The lowest BCUT2D eigenvalue weighted by Gasteiger charge is -2.34. The first-order chi connectivity index (χ1) is 14.7. The summed E-state index contributed by atoms with van der Waals surface area (Å²) in [6.07, 6.45) is 0. The van der Waals surface area contributed by atoms with Gasteiger partial charge in [0.2, 0.25) is 10.0 Å². The van der Waals surface area contributed by atoms with Gasteiger partial charge in [-0.15, -0.1) is 0 Å². The predicted molar refractivity (Wildman–Crippen MR) is 125 cm³/mol. The average Bonchev–Trinajstić information content (AvgIpc) is 3.18. The maximum Gasteiger partial charge on any atom is 0.253 e. The number of hydrogen-bond acceptors (Lipinski definition) is 6. The highest BCUT2D eigenvalue weighted by Gasteiger charge is 2.25. The highest BCUT2D eigenvalue weighted by Crippen LogP contribution is 2.32. The molecule has 0 spiro atoms. The summed E-state index contributed by atoms with van der Waals surface area (Å²) >= 11 is 1.69. The van der Waals surface area contributed by atoms with Crippen LogP contribution in [0.15, 0.2) is 41.3 Å². The van der Waals surface area contributed by atoms with Gasteiger partial charge in [-0.3, -0.25) is 4.79 Å². The summed E-state index contributed by atoms with van der Waals surface area (Å²) in [6, 6.07) is 10.5. The molecule has 0 atom stereocenters. The van der Waals surface area contributed by atoms with Crippen molar-refractivity contribution in [1.29, 1.82) is 0 Å². The molecule has 1 saturated heterocycles. The number of anilines is 1. The molecule has 0 aliphatic carbocycles. The zero-order chi connectivity index (χ0) is 22.3. The van der Waals surface area contributed by atoms with Crippen molar-refractivity contribution in [1.82, 2.24) is 14.2 Å². The van der Waals surface area contributed by atoms with E-state index >= 15 is 0 Å². The van der Waals surface area contributed by atoms with Crippen LogP contribution < -0.4 is 4.90 Å².